The van der Waals surface area contributed by atoms with Gasteiger partial charge in [-0.05, 0) is 37.6 Å². The van der Waals surface area contributed by atoms with Crippen molar-refractivity contribution < 1.29 is 4.74 Å². The van der Waals surface area contributed by atoms with Crippen LogP contribution >= 0.6 is 11.3 Å². The summed E-state index contributed by atoms with van der Waals surface area (Å²) in [5.41, 5.74) is 2.27. The van der Waals surface area contributed by atoms with Gasteiger partial charge in [0.2, 0.25) is 0 Å². The van der Waals surface area contributed by atoms with Crippen molar-refractivity contribution in [2.45, 2.75) is 26.8 Å². The van der Waals surface area contributed by atoms with Gasteiger partial charge in [-0.3, -0.25) is 0 Å². The molecule has 0 unspecified atom stereocenters. The molecule has 102 valence electrons. The van der Waals surface area contributed by atoms with Crippen LogP contribution in [-0.4, -0.2) is 18.6 Å². The molecule has 0 saturated carbocycles. The summed E-state index contributed by atoms with van der Waals surface area (Å²) >= 11 is 1.72. The summed E-state index contributed by atoms with van der Waals surface area (Å²) in [5, 5.41) is 4.41. The van der Waals surface area contributed by atoms with Gasteiger partial charge >= 0.3 is 0 Å². The average molecular weight is 276 g/mol. The Hall–Kier alpha value is -1.39. The van der Waals surface area contributed by atoms with Crippen LogP contribution in [0.3, 0.4) is 0 Å². The lowest BCUT2D eigenvalue weighted by Crippen LogP contribution is -2.12. The van der Waals surface area contributed by atoms with E-state index in [4.69, 9.17) is 4.74 Å². The zero-order valence-electron chi connectivity index (χ0n) is 11.7. The fraction of sp³-hybridized carbons (Fsp3) is 0.400. The number of aryl methyl sites for hydroxylation is 1. The molecular formula is C15H20N2OS. The number of hydrogen-bond acceptors (Lipinski definition) is 4. The molecule has 19 heavy (non-hydrogen) atoms. The van der Waals surface area contributed by atoms with Gasteiger partial charge in [-0.1, -0.05) is 13.0 Å². The molecule has 2 rings (SSSR count). The predicted molar refractivity (Wildman–Crippen MR) is 80.8 cm³/mol. The van der Waals surface area contributed by atoms with Crippen molar-refractivity contribution >= 4 is 11.3 Å². The van der Waals surface area contributed by atoms with E-state index in [9.17, 15) is 0 Å². The molecule has 0 fully saturated rings. The minimum absolute atomic E-state index is 0.889. The van der Waals surface area contributed by atoms with Crippen molar-refractivity contribution in [3.8, 4) is 16.3 Å². The number of nitrogens with one attached hydrogen (secondary N) is 1. The number of benzene rings is 1. The second-order valence-electron chi connectivity index (χ2n) is 4.51. The first-order chi connectivity index (χ1) is 9.24. The van der Waals surface area contributed by atoms with Crippen molar-refractivity contribution in [1.29, 1.82) is 0 Å². The summed E-state index contributed by atoms with van der Waals surface area (Å²) in [6, 6.07) is 6.22. The molecule has 4 heteroatoms. The van der Waals surface area contributed by atoms with E-state index in [1.165, 1.54) is 10.4 Å². The second-order valence-corrected chi connectivity index (χ2v) is 5.63. The van der Waals surface area contributed by atoms with E-state index >= 15 is 0 Å². The average Bonchev–Trinajstić information content (AvgIpc) is 2.87. The van der Waals surface area contributed by atoms with E-state index in [2.05, 4.69) is 36.3 Å². The van der Waals surface area contributed by atoms with Crippen molar-refractivity contribution in [3.63, 3.8) is 0 Å². The maximum Gasteiger partial charge on any atom is 0.129 e. The maximum absolute atomic E-state index is 5.44. The van der Waals surface area contributed by atoms with Crippen LogP contribution in [0.4, 0.5) is 0 Å². The molecule has 0 aliphatic carbocycles. The number of hydrogen-bond donors (Lipinski definition) is 1. The summed E-state index contributed by atoms with van der Waals surface area (Å²) < 4.78 is 5.44. The van der Waals surface area contributed by atoms with Crippen molar-refractivity contribution in [3.05, 3.63) is 34.8 Å². The van der Waals surface area contributed by atoms with Gasteiger partial charge in [-0.2, -0.15) is 0 Å². The van der Waals surface area contributed by atoms with E-state index in [1.807, 2.05) is 12.3 Å². The number of ether oxygens (including phenoxy) is 1. The quantitative estimate of drug-likeness (QED) is 0.818. The molecule has 1 heterocycles. The van der Waals surface area contributed by atoms with E-state index < -0.39 is 0 Å². The molecule has 0 saturated heterocycles. The molecule has 0 radical (unpaired) electrons. The van der Waals surface area contributed by atoms with Crippen molar-refractivity contribution in [1.82, 2.24) is 10.3 Å². The number of rotatable bonds is 6. The monoisotopic (exact) mass is 276 g/mol. The van der Waals surface area contributed by atoms with Gasteiger partial charge in [0.05, 0.1) is 12.7 Å². The largest absolute Gasteiger partial charge is 0.496 e. The van der Waals surface area contributed by atoms with Crippen LogP contribution in [0, 0.1) is 6.92 Å². The third-order valence-corrected chi connectivity index (χ3v) is 3.90. The molecule has 0 spiro atoms. The minimum atomic E-state index is 0.889. The summed E-state index contributed by atoms with van der Waals surface area (Å²) in [7, 11) is 1.70. The Morgan fingerprint density at radius 1 is 1.37 bits per heavy atom. The molecule has 0 aliphatic heterocycles. The van der Waals surface area contributed by atoms with E-state index in [-0.39, 0.29) is 0 Å². The molecule has 2 aromatic rings. The molecule has 0 bridgehead atoms. The zero-order valence-corrected chi connectivity index (χ0v) is 12.5. The molecule has 0 atom stereocenters. The van der Waals surface area contributed by atoms with E-state index in [0.717, 1.165) is 35.8 Å². The summed E-state index contributed by atoms with van der Waals surface area (Å²) in [5.74, 6) is 0.891. The highest BCUT2D eigenvalue weighted by Gasteiger charge is 2.10. The lowest BCUT2D eigenvalue weighted by atomic mass is 10.1. The van der Waals surface area contributed by atoms with Crippen molar-refractivity contribution in [2.24, 2.45) is 0 Å². The second kappa shape index (κ2) is 6.68. The minimum Gasteiger partial charge on any atom is -0.496 e. The smallest absolute Gasteiger partial charge is 0.129 e. The van der Waals surface area contributed by atoms with E-state index in [0.29, 0.717) is 0 Å². The Morgan fingerprint density at radius 3 is 2.95 bits per heavy atom. The topological polar surface area (TPSA) is 34.2 Å². The van der Waals surface area contributed by atoms with Crippen LogP contribution in [0.25, 0.3) is 10.6 Å². The fourth-order valence-electron chi connectivity index (χ4n) is 1.88. The first kappa shape index (κ1) is 14.0. The van der Waals surface area contributed by atoms with Crippen LogP contribution in [0.2, 0.25) is 0 Å². The molecular weight excluding hydrogens is 256 g/mol. The van der Waals surface area contributed by atoms with E-state index in [1.54, 1.807) is 18.4 Å². The molecule has 0 aliphatic rings. The van der Waals surface area contributed by atoms with Gasteiger partial charge in [0.25, 0.3) is 0 Å². The third-order valence-electron chi connectivity index (χ3n) is 2.87. The number of nitrogens with zero attached hydrogens (tertiary/aromatic N) is 1. The molecule has 3 nitrogen and oxygen atoms in total. The number of methoxy groups -OCH3 is 1. The molecule has 1 aromatic heterocycles. The summed E-state index contributed by atoms with van der Waals surface area (Å²) in [4.78, 5) is 5.76. The predicted octanol–water partition coefficient (Wildman–Crippen LogP) is 3.63. The first-order valence-electron chi connectivity index (χ1n) is 6.55. The van der Waals surface area contributed by atoms with Gasteiger partial charge in [0, 0.05) is 17.6 Å². The molecule has 1 aromatic carbocycles. The SMILES string of the molecule is CCCNCc1cnc(-c2ccc(C)cc2OC)s1. The van der Waals surface area contributed by atoms with Gasteiger partial charge in [0.1, 0.15) is 10.8 Å². The highest BCUT2D eigenvalue weighted by atomic mass is 32.1. The number of thiazole rings is 1. The third kappa shape index (κ3) is 3.55. The van der Waals surface area contributed by atoms with Crippen LogP contribution in [0.5, 0.6) is 5.75 Å². The van der Waals surface area contributed by atoms with Gasteiger partial charge in [0.15, 0.2) is 0 Å². The standard InChI is InChI=1S/C15H20N2OS/c1-4-7-16-9-12-10-17-15(19-12)13-6-5-11(2)8-14(13)18-3/h5-6,8,10,16H,4,7,9H2,1-3H3. The summed E-state index contributed by atoms with van der Waals surface area (Å²) in [6.45, 7) is 6.16. The Morgan fingerprint density at radius 2 is 2.21 bits per heavy atom. The Labute approximate surface area is 118 Å². The maximum atomic E-state index is 5.44. The Balaban J connectivity index is 2.18. The fourth-order valence-corrected chi connectivity index (χ4v) is 2.79. The van der Waals surface area contributed by atoms with Gasteiger partial charge in [-0.25, -0.2) is 4.98 Å². The first-order valence-corrected chi connectivity index (χ1v) is 7.36. The highest BCUT2D eigenvalue weighted by molar-refractivity contribution is 7.15. The van der Waals surface area contributed by atoms with Crippen LogP contribution in [0.1, 0.15) is 23.8 Å². The van der Waals surface area contributed by atoms with Crippen LogP contribution in [0.15, 0.2) is 24.4 Å². The molecule has 0 amide bonds. The summed E-state index contributed by atoms with van der Waals surface area (Å²) in [6.07, 6.45) is 3.10. The van der Waals surface area contributed by atoms with Crippen LogP contribution < -0.4 is 10.1 Å². The lowest BCUT2D eigenvalue weighted by Gasteiger charge is -2.06. The van der Waals surface area contributed by atoms with Gasteiger partial charge in [-0.15, -0.1) is 11.3 Å². The van der Waals surface area contributed by atoms with Gasteiger partial charge < -0.3 is 10.1 Å². The van der Waals surface area contributed by atoms with Crippen LogP contribution in [-0.2, 0) is 6.54 Å². The zero-order chi connectivity index (χ0) is 13.7. The Kier molecular flexibility index (Phi) is 4.93. The molecule has 1 N–H and O–H groups in total. The van der Waals surface area contributed by atoms with Crippen molar-refractivity contribution in [2.75, 3.05) is 13.7 Å². The lowest BCUT2D eigenvalue weighted by molar-refractivity contribution is 0.416. The Bertz CT molecular complexity index is 537. The highest BCUT2D eigenvalue weighted by Crippen LogP contribution is 2.33. The number of aromatic nitrogens is 1. The normalized spacial score (nSPS) is 10.7.